The molecule has 1 aromatic carbocycles. The third-order valence-electron chi connectivity index (χ3n) is 3.75. The highest BCUT2D eigenvalue weighted by Gasteiger charge is 2.33. The molecule has 2 unspecified atom stereocenters. The number of carbonyl (C=O) groups is 1. The molecule has 1 aromatic rings. The normalized spacial score (nSPS) is 24.2. The van der Waals surface area contributed by atoms with Gasteiger partial charge in [-0.05, 0) is 36.5 Å². The molecule has 0 heterocycles. The van der Waals surface area contributed by atoms with Gasteiger partial charge in [0.1, 0.15) is 0 Å². The van der Waals surface area contributed by atoms with Crippen LogP contribution in [0.1, 0.15) is 42.7 Å². The lowest BCUT2D eigenvalue weighted by molar-refractivity contribution is -0.143. The first-order valence-electron chi connectivity index (χ1n) is 6.29. The van der Waals surface area contributed by atoms with E-state index in [2.05, 4.69) is 0 Å². The van der Waals surface area contributed by atoms with E-state index in [0.29, 0.717) is 12.0 Å². The third kappa shape index (κ3) is 3.08. The van der Waals surface area contributed by atoms with Crippen LogP contribution in [0.15, 0.2) is 24.3 Å². The summed E-state index contributed by atoms with van der Waals surface area (Å²) < 4.78 is 37.4. The van der Waals surface area contributed by atoms with E-state index in [-0.39, 0.29) is 5.92 Å². The molecule has 0 radical (unpaired) electrons. The Morgan fingerprint density at radius 1 is 1.11 bits per heavy atom. The molecule has 0 bridgehead atoms. The molecule has 1 aliphatic rings. The Hall–Kier alpha value is -1.52. The summed E-state index contributed by atoms with van der Waals surface area (Å²) in [6, 6.07) is 4.88. The molecule has 0 amide bonds. The summed E-state index contributed by atoms with van der Waals surface area (Å²) in [7, 11) is 0. The molecule has 2 nitrogen and oxygen atoms in total. The van der Waals surface area contributed by atoms with Crippen molar-refractivity contribution in [2.24, 2.45) is 5.92 Å². The standard InChI is InChI=1S/C14H15F3O2/c15-14(16,17)10-7-5-9(6-8-10)11-3-1-2-4-12(11)13(18)19/h5-8,11-12H,1-4H2,(H,18,19). The van der Waals surface area contributed by atoms with E-state index in [4.69, 9.17) is 0 Å². The SMILES string of the molecule is O=C(O)C1CCCCC1c1ccc(C(F)(F)F)cc1. The van der Waals surface area contributed by atoms with Crippen LogP contribution in [0.4, 0.5) is 13.2 Å². The number of aliphatic carboxylic acids is 1. The zero-order chi connectivity index (χ0) is 14.0. The summed E-state index contributed by atoms with van der Waals surface area (Å²) in [6.45, 7) is 0. The van der Waals surface area contributed by atoms with Gasteiger partial charge in [0, 0.05) is 0 Å². The lowest BCUT2D eigenvalue weighted by atomic mass is 9.75. The van der Waals surface area contributed by atoms with Crippen LogP contribution in [-0.4, -0.2) is 11.1 Å². The van der Waals surface area contributed by atoms with Crippen molar-refractivity contribution in [3.63, 3.8) is 0 Å². The van der Waals surface area contributed by atoms with E-state index in [1.165, 1.54) is 12.1 Å². The molecule has 5 heteroatoms. The number of benzene rings is 1. The first kappa shape index (κ1) is 13.9. The molecular weight excluding hydrogens is 257 g/mol. The highest BCUT2D eigenvalue weighted by Crippen LogP contribution is 2.39. The lowest BCUT2D eigenvalue weighted by Gasteiger charge is -2.29. The van der Waals surface area contributed by atoms with Crippen LogP contribution < -0.4 is 0 Å². The minimum absolute atomic E-state index is 0.173. The second-order valence-electron chi connectivity index (χ2n) is 4.96. The maximum absolute atomic E-state index is 12.5. The van der Waals surface area contributed by atoms with E-state index in [1.54, 1.807) is 0 Å². The Balaban J connectivity index is 2.23. The zero-order valence-corrected chi connectivity index (χ0v) is 10.3. The fourth-order valence-corrected chi connectivity index (χ4v) is 2.74. The first-order chi connectivity index (χ1) is 8.89. The predicted molar refractivity (Wildman–Crippen MR) is 63.8 cm³/mol. The van der Waals surface area contributed by atoms with Crippen molar-refractivity contribution in [1.82, 2.24) is 0 Å². The van der Waals surface area contributed by atoms with Crippen molar-refractivity contribution in [2.75, 3.05) is 0 Å². The molecular formula is C14H15F3O2. The number of carboxylic acids is 1. The second-order valence-corrected chi connectivity index (χ2v) is 4.96. The number of hydrogen-bond acceptors (Lipinski definition) is 1. The average Bonchev–Trinajstić information content (AvgIpc) is 2.38. The van der Waals surface area contributed by atoms with E-state index in [9.17, 15) is 23.1 Å². The Labute approximate surface area is 109 Å². The summed E-state index contributed by atoms with van der Waals surface area (Å²) in [4.78, 5) is 11.2. The predicted octanol–water partition coefficient (Wildman–Crippen LogP) is 4.06. The Morgan fingerprint density at radius 2 is 1.68 bits per heavy atom. The topological polar surface area (TPSA) is 37.3 Å². The molecule has 0 aliphatic heterocycles. The van der Waals surface area contributed by atoms with Gasteiger partial charge in [0.25, 0.3) is 0 Å². The van der Waals surface area contributed by atoms with Gasteiger partial charge in [-0.25, -0.2) is 0 Å². The molecule has 0 saturated heterocycles. The van der Waals surface area contributed by atoms with Gasteiger partial charge in [-0.2, -0.15) is 13.2 Å². The second kappa shape index (κ2) is 5.23. The van der Waals surface area contributed by atoms with Gasteiger partial charge >= 0.3 is 12.1 Å². The van der Waals surface area contributed by atoms with E-state index in [0.717, 1.165) is 31.4 Å². The van der Waals surface area contributed by atoms with Crippen molar-refractivity contribution in [3.8, 4) is 0 Å². The first-order valence-corrected chi connectivity index (χ1v) is 6.29. The fourth-order valence-electron chi connectivity index (χ4n) is 2.74. The van der Waals surface area contributed by atoms with Gasteiger partial charge in [-0.3, -0.25) is 4.79 Å². The van der Waals surface area contributed by atoms with Crippen LogP contribution in [0.5, 0.6) is 0 Å². The summed E-state index contributed by atoms with van der Waals surface area (Å²) in [6.07, 6.45) is -1.23. The van der Waals surface area contributed by atoms with E-state index < -0.39 is 23.6 Å². The highest BCUT2D eigenvalue weighted by atomic mass is 19.4. The van der Waals surface area contributed by atoms with Gasteiger partial charge in [0.15, 0.2) is 0 Å². The van der Waals surface area contributed by atoms with Gasteiger partial charge in [-0.1, -0.05) is 25.0 Å². The average molecular weight is 272 g/mol. The Kier molecular flexibility index (Phi) is 3.83. The van der Waals surface area contributed by atoms with Crippen LogP contribution >= 0.6 is 0 Å². The maximum atomic E-state index is 12.5. The van der Waals surface area contributed by atoms with Crippen molar-refractivity contribution in [2.45, 2.75) is 37.8 Å². The van der Waals surface area contributed by atoms with E-state index in [1.807, 2.05) is 0 Å². The highest BCUT2D eigenvalue weighted by molar-refractivity contribution is 5.71. The number of carboxylic acid groups (broad SMARTS) is 1. The van der Waals surface area contributed by atoms with Crippen molar-refractivity contribution < 1.29 is 23.1 Å². The summed E-state index contributed by atoms with van der Waals surface area (Å²) >= 11 is 0. The Morgan fingerprint density at radius 3 is 2.21 bits per heavy atom. The van der Waals surface area contributed by atoms with E-state index >= 15 is 0 Å². The fraction of sp³-hybridized carbons (Fsp3) is 0.500. The van der Waals surface area contributed by atoms with Gasteiger partial charge in [-0.15, -0.1) is 0 Å². The molecule has 2 atom stereocenters. The molecule has 19 heavy (non-hydrogen) atoms. The van der Waals surface area contributed by atoms with Gasteiger partial charge in [0.2, 0.25) is 0 Å². The van der Waals surface area contributed by atoms with Crippen molar-refractivity contribution in [3.05, 3.63) is 35.4 Å². The summed E-state index contributed by atoms with van der Waals surface area (Å²) in [5.41, 5.74) is -0.000894. The van der Waals surface area contributed by atoms with Crippen molar-refractivity contribution in [1.29, 1.82) is 0 Å². The molecule has 2 rings (SSSR count). The molecule has 0 spiro atoms. The number of halogens is 3. The number of rotatable bonds is 2. The Bertz CT molecular complexity index is 451. The van der Waals surface area contributed by atoms with Crippen LogP contribution in [-0.2, 0) is 11.0 Å². The number of hydrogen-bond donors (Lipinski definition) is 1. The molecule has 1 saturated carbocycles. The molecule has 1 fully saturated rings. The third-order valence-corrected chi connectivity index (χ3v) is 3.75. The largest absolute Gasteiger partial charge is 0.481 e. The molecule has 104 valence electrons. The van der Waals surface area contributed by atoms with Gasteiger partial charge in [0.05, 0.1) is 11.5 Å². The smallest absolute Gasteiger partial charge is 0.416 e. The molecule has 1 aliphatic carbocycles. The van der Waals surface area contributed by atoms with Crippen LogP contribution in [0.25, 0.3) is 0 Å². The van der Waals surface area contributed by atoms with Crippen molar-refractivity contribution >= 4 is 5.97 Å². The minimum Gasteiger partial charge on any atom is -0.481 e. The van der Waals surface area contributed by atoms with Crippen LogP contribution in [0.2, 0.25) is 0 Å². The summed E-state index contributed by atoms with van der Waals surface area (Å²) in [5.74, 6) is -1.51. The summed E-state index contributed by atoms with van der Waals surface area (Å²) in [5, 5.41) is 9.17. The minimum atomic E-state index is -4.35. The zero-order valence-electron chi connectivity index (χ0n) is 10.3. The van der Waals surface area contributed by atoms with Crippen LogP contribution in [0, 0.1) is 5.92 Å². The lowest BCUT2D eigenvalue weighted by Crippen LogP contribution is -2.25. The van der Waals surface area contributed by atoms with Crippen LogP contribution in [0.3, 0.4) is 0 Å². The van der Waals surface area contributed by atoms with Gasteiger partial charge < -0.3 is 5.11 Å². The molecule has 0 aromatic heterocycles. The monoisotopic (exact) mass is 272 g/mol. The quantitative estimate of drug-likeness (QED) is 0.881. The maximum Gasteiger partial charge on any atom is 0.416 e. The number of alkyl halides is 3. The molecule has 1 N–H and O–H groups in total.